The molecule has 0 unspecified atom stereocenters. The third-order valence-corrected chi connectivity index (χ3v) is 1.53. The molecule has 0 nitrogen and oxygen atoms in total. The van der Waals surface area contributed by atoms with E-state index in [2.05, 4.69) is 11.6 Å². The zero-order chi connectivity index (χ0) is 8.81. The summed E-state index contributed by atoms with van der Waals surface area (Å²) in [6.45, 7) is 0. The summed E-state index contributed by atoms with van der Waals surface area (Å²) in [7, 11) is 0. The topological polar surface area (TPSA) is 0 Å². The first-order valence-electron chi connectivity index (χ1n) is 2.38. The second-order valence-corrected chi connectivity index (χ2v) is 2.21. The second kappa shape index (κ2) is 2.20. The summed E-state index contributed by atoms with van der Waals surface area (Å²) in [6.07, 6.45) is 0. The number of hydrogen-bond acceptors (Lipinski definition) is 0. The number of rotatable bonds is 0. The summed E-state index contributed by atoms with van der Waals surface area (Å²) in [4.78, 5) is 0. The highest BCUT2D eigenvalue weighted by Crippen LogP contribution is 2.47. The van der Waals surface area contributed by atoms with Gasteiger partial charge in [0.15, 0.2) is 11.7 Å². The smallest absolute Gasteiger partial charge is 0.202 e. The molecule has 0 saturated heterocycles. The van der Waals surface area contributed by atoms with Gasteiger partial charge in [0.05, 0.1) is 0 Å². The van der Waals surface area contributed by atoms with Crippen molar-refractivity contribution in [3.05, 3.63) is 22.5 Å². The average molecular weight is 190 g/mol. The van der Waals surface area contributed by atoms with E-state index in [0.29, 0.717) is 0 Å². The predicted molar refractivity (Wildman–Crippen MR) is 28.2 cm³/mol. The highest BCUT2D eigenvalue weighted by molar-refractivity contribution is 6.31. The van der Waals surface area contributed by atoms with Crippen LogP contribution in [0.3, 0.4) is 0 Å². The van der Waals surface area contributed by atoms with E-state index in [4.69, 9.17) is 0 Å². The summed E-state index contributed by atoms with van der Waals surface area (Å²) < 4.78 is 60.3. The number of alkyl halides is 2. The summed E-state index contributed by atoms with van der Waals surface area (Å²) in [5.74, 6) is -11.1. The normalized spacial score (nSPS) is 23.5. The summed E-state index contributed by atoms with van der Waals surface area (Å²) >= 11 is 4.58. The monoisotopic (exact) mass is 190 g/mol. The third kappa shape index (κ3) is 0.946. The van der Waals surface area contributed by atoms with Crippen LogP contribution in [0.15, 0.2) is 22.5 Å². The van der Waals surface area contributed by atoms with Gasteiger partial charge in [-0.25, -0.2) is 13.2 Å². The van der Waals surface area contributed by atoms with Crippen molar-refractivity contribution in [3.63, 3.8) is 0 Å². The highest BCUT2D eigenvalue weighted by atomic mass is 35.5. The summed E-state index contributed by atoms with van der Waals surface area (Å²) in [6, 6.07) is 0. The van der Waals surface area contributed by atoms with Gasteiger partial charge in [-0.1, -0.05) is 11.6 Å². The Morgan fingerprint density at radius 1 is 1.00 bits per heavy atom. The average Bonchev–Trinajstić information content (AvgIpc) is 2.06. The van der Waals surface area contributed by atoms with Crippen LogP contribution in [0.4, 0.5) is 22.0 Å². The molecule has 0 spiro atoms. The van der Waals surface area contributed by atoms with Crippen LogP contribution in [0.1, 0.15) is 0 Å². The van der Waals surface area contributed by atoms with E-state index < -0.39 is 28.4 Å². The number of halogens is 6. The largest absolute Gasteiger partial charge is 0.340 e. The van der Waals surface area contributed by atoms with Gasteiger partial charge in [0.25, 0.3) is 0 Å². The SMILES string of the molecule is FC1=C(F)C(F)(F)C(Cl)=C1F. The van der Waals surface area contributed by atoms with Crippen LogP contribution in [0.25, 0.3) is 0 Å². The van der Waals surface area contributed by atoms with Crippen molar-refractivity contribution in [3.8, 4) is 0 Å². The maximum Gasteiger partial charge on any atom is 0.340 e. The van der Waals surface area contributed by atoms with E-state index in [1.54, 1.807) is 0 Å². The van der Waals surface area contributed by atoms with E-state index in [1.165, 1.54) is 0 Å². The molecular weight excluding hydrogens is 190 g/mol. The van der Waals surface area contributed by atoms with Crippen molar-refractivity contribution in [2.24, 2.45) is 0 Å². The van der Waals surface area contributed by atoms with E-state index >= 15 is 0 Å². The van der Waals surface area contributed by atoms with Crippen LogP contribution < -0.4 is 0 Å². The van der Waals surface area contributed by atoms with Crippen molar-refractivity contribution >= 4 is 11.6 Å². The molecule has 1 aliphatic rings. The molecular formula is C5ClF5. The summed E-state index contributed by atoms with van der Waals surface area (Å²) in [5.41, 5.74) is 0. The molecule has 0 aromatic rings. The van der Waals surface area contributed by atoms with Crippen LogP contribution in [-0.4, -0.2) is 5.92 Å². The molecule has 6 heteroatoms. The van der Waals surface area contributed by atoms with Crippen molar-refractivity contribution in [1.82, 2.24) is 0 Å². The van der Waals surface area contributed by atoms with Gasteiger partial charge in [-0.2, -0.15) is 8.78 Å². The lowest BCUT2D eigenvalue weighted by Gasteiger charge is -2.05. The van der Waals surface area contributed by atoms with Gasteiger partial charge < -0.3 is 0 Å². The van der Waals surface area contributed by atoms with Crippen LogP contribution in [0, 0.1) is 0 Å². The Balaban J connectivity index is 3.27. The Morgan fingerprint density at radius 3 is 1.55 bits per heavy atom. The first-order chi connectivity index (χ1) is 4.89. The second-order valence-electron chi connectivity index (χ2n) is 1.83. The van der Waals surface area contributed by atoms with Crippen molar-refractivity contribution in [2.75, 3.05) is 0 Å². The molecule has 0 radical (unpaired) electrons. The lowest BCUT2D eigenvalue weighted by atomic mass is 10.3. The molecule has 0 bridgehead atoms. The van der Waals surface area contributed by atoms with E-state index in [0.717, 1.165) is 0 Å². The number of hydrogen-bond donors (Lipinski definition) is 0. The third-order valence-electron chi connectivity index (χ3n) is 1.13. The van der Waals surface area contributed by atoms with Gasteiger partial charge in [0, 0.05) is 0 Å². The lowest BCUT2D eigenvalue weighted by molar-refractivity contribution is 0.0667. The van der Waals surface area contributed by atoms with Crippen molar-refractivity contribution < 1.29 is 22.0 Å². The zero-order valence-corrected chi connectivity index (χ0v) is 5.52. The van der Waals surface area contributed by atoms with Crippen LogP contribution in [0.2, 0.25) is 0 Å². The van der Waals surface area contributed by atoms with Gasteiger partial charge in [0.1, 0.15) is 5.03 Å². The van der Waals surface area contributed by atoms with Crippen molar-refractivity contribution in [2.45, 2.75) is 5.92 Å². The molecule has 1 aliphatic carbocycles. The van der Waals surface area contributed by atoms with Crippen LogP contribution in [0.5, 0.6) is 0 Å². The molecule has 1 rings (SSSR count). The minimum absolute atomic E-state index is 1.74. The molecule has 0 fully saturated rings. The minimum atomic E-state index is -4.34. The van der Waals surface area contributed by atoms with Gasteiger partial charge >= 0.3 is 5.92 Å². The maximum atomic E-state index is 12.1. The fourth-order valence-electron chi connectivity index (χ4n) is 0.565. The molecule has 0 saturated carbocycles. The van der Waals surface area contributed by atoms with Crippen LogP contribution >= 0.6 is 11.6 Å². The fraction of sp³-hybridized carbons (Fsp3) is 0.200. The Labute approximate surface area is 62.9 Å². The molecule has 0 aromatic carbocycles. The Hall–Kier alpha value is -0.580. The van der Waals surface area contributed by atoms with Crippen molar-refractivity contribution in [1.29, 1.82) is 0 Å². The van der Waals surface area contributed by atoms with Crippen LogP contribution in [-0.2, 0) is 0 Å². The minimum Gasteiger partial charge on any atom is -0.202 e. The molecule has 0 amide bonds. The molecule has 0 aromatic heterocycles. The molecule has 62 valence electrons. The Bertz CT molecular complexity index is 238. The zero-order valence-electron chi connectivity index (χ0n) is 4.77. The van der Waals surface area contributed by atoms with E-state index in [9.17, 15) is 22.0 Å². The standard InChI is InChI=1S/C5ClF5/c6-3-1(7)2(8)4(9)5(3,10)11. The predicted octanol–water partition coefficient (Wildman–Crippen LogP) is 3.21. The quantitative estimate of drug-likeness (QED) is 0.515. The Kier molecular flexibility index (Phi) is 1.70. The molecule has 0 N–H and O–H groups in total. The Morgan fingerprint density at radius 2 is 1.45 bits per heavy atom. The maximum absolute atomic E-state index is 12.1. The number of allylic oxidation sites excluding steroid dienone is 4. The summed E-state index contributed by atoms with van der Waals surface area (Å²) in [5, 5.41) is -1.74. The van der Waals surface area contributed by atoms with Gasteiger partial charge in [0.2, 0.25) is 5.83 Å². The van der Waals surface area contributed by atoms with Gasteiger partial charge in [-0.05, 0) is 0 Å². The van der Waals surface area contributed by atoms with Gasteiger partial charge in [-0.3, -0.25) is 0 Å². The fourth-order valence-corrected chi connectivity index (χ4v) is 0.731. The lowest BCUT2D eigenvalue weighted by Crippen LogP contribution is -2.13. The van der Waals surface area contributed by atoms with E-state index in [1.807, 2.05) is 0 Å². The molecule has 11 heavy (non-hydrogen) atoms. The molecule has 0 atom stereocenters. The first-order valence-corrected chi connectivity index (χ1v) is 2.76. The molecule has 0 aliphatic heterocycles. The first kappa shape index (κ1) is 8.52. The highest BCUT2D eigenvalue weighted by Gasteiger charge is 2.50. The van der Waals surface area contributed by atoms with E-state index in [-0.39, 0.29) is 0 Å². The van der Waals surface area contributed by atoms with Gasteiger partial charge in [-0.15, -0.1) is 0 Å². The molecule has 0 heterocycles.